The van der Waals surface area contributed by atoms with Gasteiger partial charge in [-0.3, -0.25) is 9.69 Å². The largest absolute Gasteiger partial charge is 0.284 e. The predicted octanol–water partition coefficient (Wildman–Crippen LogP) is 1.86. The number of nitrogens with zero attached hydrogens (tertiary/aromatic N) is 1. The zero-order valence-corrected chi connectivity index (χ0v) is 6.82. The van der Waals surface area contributed by atoms with Crippen LogP contribution in [0.5, 0.6) is 0 Å². The van der Waals surface area contributed by atoms with Gasteiger partial charge in [-0.05, 0) is 19.1 Å². The summed E-state index contributed by atoms with van der Waals surface area (Å²) in [6, 6.07) is 7.87. The zero-order chi connectivity index (χ0) is 8.55. The first-order valence-electron chi connectivity index (χ1n) is 3.85. The lowest BCUT2D eigenvalue weighted by atomic mass is 10.2. The summed E-state index contributed by atoms with van der Waals surface area (Å²) in [6.07, 6.45) is 3.33. The molecule has 0 N–H and O–H groups in total. The molecular weight excluding hydrogens is 150 g/mol. The second-order valence-corrected chi connectivity index (χ2v) is 2.86. The van der Waals surface area contributed by atoms with Crippen molar-refractivity contribution in [1.29, 1.82) is 0 Å². The molecular formula is C10H9NO. The first-order chi connectivity index (χ1) is 5.77. The van der Waals surface area contributed by atoms with Crippen molar-refractivity contribution in [3.05, 3.63) is 42.1 Å². The normalized spacial score (nSPS) is 14.8. The molecule has 0 saturated carbocycles. The Labute approximate surface area is 71.1 Å². The van der Waals surface area contributed by atoms with Gasteiger partial charge in [0.15, 0.2) is 0 Å². The van der Waals surface area contributed by atoms with E-state index in [4.69, 9.17) is 0 Å². The van der Waals surface area contributed by atoms with E-state index in [0.29, 0.717) is 0 Å². The summed E-state index contributed by atoms with van der Waals surface area (Å²) in [6.45, 7) is 2.03. The number of aryl methyl sites for hydroxylation is 1. The van der Waals surface area contributed by atoms with Crippen LogP contribution in [0.4, 0.5) is 5.69 Å². The van der Waals surface area contributed by atoms with Crippen LogP contribution in [0, 0.1) is 6.92 Å². The van der Waals surface area contributed by atoms with Gasteiger partial charge in [-0.1, -0.05) is 17.7 Å². The van der Waals surface area contributed by atoms with Gasteiger partial charge >= 0.3 is 0 Å². The lowest BCUT2D eigenvalue weighted by molar-refractivity contribution is -0.114. The van der Waals surface area contributed by atoms with Gasteiger partial charge in [0.05, 0.1) is 0 Å². The molecule has 0 atom stereocenters. The van der Waals surface area contributed by atoms with Crippen LogP contribution in [0.25, 0.3) is 0 Å². The zero-order valence-electron chi connectivity index (χ0n) is 6.82. The van der Waals surface area contributed by atoms with Crippen molar-refractivity contribution in [2.45, 2.75) is 6.92 Å². The fourth-order valence-corrected chi connectivity index (χ4v) is 1.13. The van der Waals surface area contributed by atoms with E-state index in [9.17, 15) is 4.79 Å². The first kappa shape index (κ1) is 7.10. The highest BCUT2D eigenvalue weighted by atomic mass is 16.2. The van der Waals surface area contributed by atoms with Crippen LogP contribution in [0.15, 0.2) is 36.5 Å². The molecule has 0 radical (unpaired) electrons. The Morgan fingerprint density at radius 1 is 1.17 bits per heavy atom. The number of carbonyl (C=O) groups excluding carboxylic acids is 1. The monoisotopic (exact) mass is 159 g/mol. The maximum atomic E-state index is 11.0. The Morgan fingerprint density at radius 2 is 1.83 bits per heavy atom. The van der Waals surface area contributed by atoms with Crippen molar-refractivity contribution >= 4 is 11.6 Å². The van der Waals surface area contributed by atoms with E-state index in [-0.39, 0.29) is 5.91 Å². The SMILES string of the molecule is Cc1ccc(N2C=CC2=O)cc1. The van der Waals surface area contributed by atoms with E-state index in [0.717, 1.165) is 5.69 Å². The lowest BCUT2D eigenvalue weighted by Gasteiger charge is -2.22. The molecule has 1 aliphatic rings. The summed E-state index contributed by atoms with van der Waals surface area (Å²) in [7, 11) is 0. The number of hydrogen-bond acceptors (Lipinski definition) is 1. The topological polar surface area (TPSA) is 20.3 Å². The van der Waals surface area contributed by atoms with Crippen molar-refractivity contribution in [3.63, 3.8) is 0 Å². The van der Waals surface area contributed by atoms with Crippen molar-refractivity contribution in [2.24, 2.45) is 0 Å². The minimum absolute atomic E-state index is 0.0545. The molecule has 0 fully saturated rings. The van der Waals surface area contributed by atoms with Gasteiger partial charge in [0, 0.05) is 18.0 Å². The Bertz CT molecular complexity index is 337. The quantitative estimate of drug-likeness (QED) is 0.612. The Hall–Kier alpha value is -1.57. The smallest absolute Gasteiger partial charge is 0.256 e. The third kappa shape index (κ3) is 1.01. The maximum Gasteiger partial charge on any atom is 0.256 e. The summed E-state index contributed by atoms with van der Waals surface area (Å²) in [4.78, 5) is 12.6. The number of amides is 1. The molecule has 0 unspecified atom stereocenters. The molecule has 0 aromatic heterocycles. The average Bonchev–Trinajstić information content (AvgIpc) is 2.06. The lowest BCUT2D eigenvalue weighted by Crippen LogP contribution is -2.30. The van der Waals surface area contributed by atoms with Gasteiger partial charge in [-0.15, -0.1) is 0 Å². The number of carbonyl (C=O) groups is 1. The van der Waals surface area contributed by atoms with Gasteiger partial charge in [0.1, 0.15) is 0 Å². The van der Waals surface area contributed by atoms with Crippen molar-refractivity contribution in [2.75, 3.05) is 4.90 Å². The van der Waals surface area contributed by atoms with Crippen LogP contribution in [0.2, 0.25) is 0 Å². The number of rotatable bonds is 1. The van der Waals surface area contributed by atoms with Crippen LogP contribution in [-0.4, -0.2) is 5.91 Å². The fourth-order valence-electron chi connectivity index (χ4n) is 1.13. The molecule has 1 amide bonds. The third-order valence-corrected chi connectivity index (χ3v) is 1.92. The summed E-state index contributed by atoms with van der Waals surface area (Å²) in [5.41, 5.74) is 2.14. The fraction of sp³-hybridized carbons (Fsp3) is 0.100. The minimum Gasteiger partial charge on any atom is -0.284 e. The average molecular weight is 159 g/mol. The van der Waals surface area contributed by atoms with Gasteiger partial charge in [-0.25, -0.2) is 0 Å². The highest BCUT2D eigenvalue weighted by molar-refractivity contribution is 6.09. The van der Waals surface area contributed by atoms with Gasteiger partial charge in [0.2, 0.25) is 0 Å². The molecule has 1 aliphatic heterocycles. The van der Waals surface area contributed by atoms with Crippen molar-refractivity contribution < 1.29 is 4.79 Å². The molecule has 0 aliphatic carbocycles. The first-order valence-corrected chi connectivity index (χ1v) is 3.85. The third-order valence-electron chi connectivity index (χ3n) is 1.92. The molecule has 12 heavy (non-hydrogen) atoms. The standard InChI is InChI=1S/C10H9NO/c1-8-2-4-9(5-3-8)11-7-6-10(11)12/h2-7H,1H3. The van der Waals surface area contributed by atoms with Crippen LogP contribution >= 0.6 is 0 Å². The summed E-state index contributed by atoms with van der Waals surface area (Å²) >= 11 is 0. The molecule has 1 aromatic carbocycles. The number of benzene rings is 1. The van der Waals surface area contributed by atoms with Crippen LogP contribution in [0.3, 0.4) is 0 Å². The number of anilines is 1. The molecule has 2 heteroatoms. The molecule has 60 valence electrons. The highest BCUT2D eigenvalue weighted by Gasteiger charge is 2.16. The van der Waals surface area contributed by atoms with Crippen LogP contribution in [0.1, 0.15) is 5.56 Å². The van der Waals surface area contributed by atoms with E-state index in [1.54, 1.807) is 17.2 Å². The second kappa shape index (κ2) is 2.48. The molecule has 2 nitrogen and oxygen atoms in total. The van der Waals surface area contributed by atoms with Crippen LogP contribution < -0.4 is 4.90 Å². The summed E-state index contributed by atoms with van der Waals surface area (Å²) in [5, 5.41) is 0. The Morgan fingerprint density at radius 3 is 2.25 bits per heavy atom. The summed E-state index contributed by atoms with van der Waals surface area (Å²) in [5.74, 6) is 0.0545. The molecule has 0 saturated heterocycles. The van der Waals surface area contributed by atoms with Crippen molar-refractivity contribution in [3.8, 4) is 0 Å². The predicted molar refractivity (Wildman–Crippen MR) is 47.8 cm³/mol. The Kier molecular flexibility index (Phi) is 1.47. The van der Waals surface area contributed by atoms with E-state index in [1.165, 1.54) is 5.56 Å². The second-order valence-electron chi connectivity index (χ2n) is 2.86. The van der Waals surface area contributed by atoms with Gasteiger partial charge in [0.25, 0.3) is 5.91 Å². The molecule has 1 aromatic rings. The molecule has 0 spiro atoms. The van der Waals surface area contributed by atoms with E-state index in [2.05, 4.69) is 0 Å². The van der Waals surface area contributed by atoms with E-state index < -0.39 is 0 Å². The summed E-state index contributed by atoms with van der Waals surface area (Å²) < 4.78 is 0. The van der Waals surface area contributed by atoms with Gasteiger partial charge in [-0.2, -0.15) is 0 Å². The highest BCUT2D eigenvalue weighted by Crippen LogP contribution is 2.19. The van der Waals surface area contributed by atoms with E-state index >= 15 is 0 Å². The minimum atomic E-state index is 0.0545. The molecule has 1 heterocycles. The van der Waals surface area contributed by atoms with E-state index in [1.807, 2.05) is 31.2 Å². The molecule has 0 bridgehead atoms. The maximum absolute atomic E-state index is 11.0. The van der Waals surface area contributed by atoms with Gasteiger partial charge < -0.3 is 0 Å². The van der Waals surface area contributed by atoms with Crippen molar-refractivity contribution in [1.82, 2.24) is 0 Å². The van der Waals surface area contributed by atoms with Crippen LogP contribution in [-0.2, 0) is 4.79 Å². The molecule has 2 rings (SSSR count). The Balaban J connectivity index is 2.30. The number of hydrogen-bond donors (Lipinski definition) is 0.